The van der Waals surface area contributed by atoms with Gasteiger partial charge in [0.25, 0.3) is 5.91 Å². The summed E-state index contributed by atoms with van der Waals surface area (Å²) in [5, 5.41) is 5.11. The molecule has 1 aromatic heterocycles. The molecule has 1 heterocycles. The van der Waals surface area contributed by atoms with Crippen molar-refractivity contribution >= 4 is 28.8 Å². The fraction of sp³-hybridized carbons (Fsp3) is 0.368. The number of imide groups is 1. The molecule has 7 nitrogen and oxygen atoms in total. The Bertz CT molecular complexity index is 878. The summed E-state index contributed by atoms with van der Waals surface area (Å²) in [4.78, 5) is 40.8. The zero-order valence-corrected chi connectivity index (χ0v) is 14.8. The first-order valence-electron chi connectivity index (χ1n) is 8.65. The van der Waals surface area contributed by atoms with Crippen molar-refractivity contribution in [3.05, 3.63) is 41.1 Å². The van der Waals surface area contributed by atoms with Crippen LogP contribution >= 0.6 is 0 Å². The molecule has 0 radical (unpaired) electrons. The molecule has 1 unspecified atom stereocenters. The van der Waals surface area contributed by atoms with E-state index in [4.69, 9.17) is 4.74 Å². The highest BCUT2D eigenvalue weighted by Gasteiger charge is 2.26. The summed E-state index contributed by atoms with van der Waals surface area (Å²) < 4.78 is 5.36. The molecule has 7 heteroatoms. The van der Waals surface area contributed by atoms with Gasteiger partial charge in [0.15, 0.2) is 6.10 Å². The fourth-order valence-electron chi connectivity index (χ4n) is 3.15. The van der Waals surface area contributed by atoms with Crippen LogP contribution in [-0.4, -0.2) is 36.0 Å². The Morgan fingerprint density at radius 3 is 2.65 bits per heavy atom. The number of ether oxygens (including phenoxy) is 1. The van der Waals surface area contributed by atoms with Gasteiger partial charge in [0.1, 0.15) is 0 Å². The molecule has 1 aliphatic rings. The van der Waals surface area contributed by atoms with E-state index in [1.54, 1.807) is 0 Å². The lowest BCUT2D eigenvalue weighted by Crippen LogP contribution is -2.43. The molecule has 26 heavy (non-hydrogen) atoms. The first-order valence-corrected chi connectivity index (χ1v) is 8.65. The number of carbonyl (C=O) groups is 3. The number of carbonyl (C=O) groups excluding carboxylic acids is 3. The van der Waals surface area contributed by atoms with Crippen LogP contribution in [0, 0.1) is 0 Å². The summed E-state index contributed by atoms with van der Waals surface area (Å²) in [6.45, 7) is 1.44. The van der Waals surface area contributed by atoms with Gasteiger partial charge >= 0.3 is 12.0 Å². The van der Waals surface area contributed by atoms with Gasteiger partial charge in [-0.25, -0.2) is 9.59 Å². The number of esters is 1. The van der Waals surface area contributed by atoms with Crippen LogP contribution in [-0.2, 0) is 22.4 Å². The van der Waals surface area contributed by atoms with Gasteiger partial charge in [-0.3, -0.25) is 15.1 Å². The van der Waals surface area contributed by atoms with Gasteiger partial charge in [-0.05, 0) is 44.2 Å². The Balaban J connectivity index is 1.92. The number of amides is 3. The number of para-hydroxylation sites is 1. The molecule has 3 rings (SSSR count). The third-order valence-electron chi connectivity index (χ3n) is 4.49. The number of hydrogen-bond acceptors (Lipinski definition) is 5. The summed E-state index contributed by atoms with van der Waals surface area (Å²) in [5.74, 6) is -1.24. The number of nitrogens with one attached hydrogen (secondary N) is 2. The Morgan fingerprint density at radius 2 is 1.88 bits per heavy atom. The molecule has 0 spiro atoms. The zero-order chi connectivity index (χ0) is 18.7. The number of aryl methyl sites for hydroxylation is 1. The van der Waals surface area contributed by atoms with Crippen molar-refractivity contribution in [2.45, 2.75) is 38.7 Å². The second-order valence-electron chi connectivity index (χ2n) is 6.25. The molecule has 1 aromatic carbocycles. The summed E-state index contributed by atoms with van der Waals surface area (Å²) in [6, 6.07) is 6.77. The van der Waals surface area contributed by atoms with Gasteiger partial charge in [0.2, 0.25) is 0 Å². The number of pyridine rings is 1. The Kier molecular flexibility index (Phi) is 5.16. The van der Waals surface area contributed by atoms with Crippen LogP contribution in [0.5, 0.6) is 0 Å². The number of urea groups is 1. The van der Waals surface area contributed by atoms with Gasteiger partial charge < -0.3 is 10.1 Å². The third kappa shape index (κ3) is 3.51. The van der Waals surface area contributed by atoms with Crippen molar-refractivity contribution in [1.82, 2.24) is 15.6 Å². The normalized spacial score (nSPS) is 14.2. The summed E-state index contributed by atoms with van der Waals surface area (Å²) >= 11 is 0. The standard InChI is InChI=1S/C19H21N3O4/c1-11(17(23)22-19(25)20-2)26-18(24)16-12-7-3-5-9-14(12)21-15-10-6-4-8-13(15)16/h3,5,7,9,11H,4,6,8,10H2,1-2H3,(H2,20,22,23,25). The molecule has 0 fully saturated rings. The molecule has 1 atom stereocenters. The minimum atomic E-state index is -1.09. The van der Waals surface area contributed by atoms with Crippen LogP contribution in [0.15, 0.2) is 24.3 Å². The summed E-state index contributed by atoms with van der Waals surface area (Å²) in [7, 11) is 1.40. The van der Waals surface area contributed by atoms with Gasteiger partial charge in [-0.1, -0.05) is 18.2 Å². The number of benzene rings is 1. The van der Waals surface area contributed by atoms with Crippen LogP contribution in [0.25, 0.3) is 10.9 Å². The molecule has 3 amide bonds. The minimum Gasteiger partial charge on any atom is -0.449 e. The first kappa shape index (κ1) is 17.8. The average molecular weight is 355 g/mol. The van der Waals surface area contributed by atoms with Crippen molar-refractivity contribution in [2.75, 3.05) is 7.05 Å². The molecule has 1 aliphatic carbocycles. The highest BCUT2D eigenvalue weighted by molar-refractivity contribution is 6.06. The second-order valence-corrected chi connectivity index (χ2v) is 6.25. The predicted molar refractivity (Wildman–Crippen MR) is 95.9 cm³/mol. The van der Waals surface area contributed by atoms with Gasteiger partial charge in [0, 0.05) is 18.1 Å². The van der Waals surface area contributed by atoms with Crippen LogP contribution < -0.4 is 10.6 Å². The summed E-state index contributed by atoms with van der Waals surface area (Å²) in [6.07, 6.45) is 2.52. The van der Waals surface area contributed by atoms with Crippen LogP contribution in [0.4, 0.5) is 4.79 Å². The van der Waals surface area contributed by atoms with Crippen LogP contribution in [0.2, 0.25) is 0 Å². The van der Waals surface area contributed by atoms with E-state index in [1.165, 1.54) is 14.0 Å². The van der Waals surface area contributed by atoms with Crippen molar-refractivity contribution in [3.8, 4) is 0 Å². The van der Waals surface area contributed by atoms with Gasteiger partial charge in [-0.2, -0.15) is 0 Å². The fourth-order valence-corrected chi connectivity index (χ4v) is 3.15. The Labute approximate surface area is 151 Å². The molecule has 136 valence electrons. The maximum atomic E-state index is 12.9. The highest BCUT2D eigenvalue weighted by Crippen LogP contribution is 2.30. The molecule has 2 aromatic rings. The van der Waals surface area contributed by atoms with Crippen LogP contribution in [0.3, 0.4) is 0 Å². The first-order chi connectivity index (χ1) is 12.5. The number of nitrogens with zero attached hydrogens (tertiary/aromatic N) is 1. The predicted octanol–water partition coefficient (Wildman–Crippen LogP) is 2.11. The number of aromatic nitrogens is 1. The Hall–Kier alpha value is -2.96. The average Bonchev–Trinajstić information content (AvgIpc) is 2.65. The maximum absolute atomic E-state index is 12.9. The largest absolute Gasteiger partial charge is 0.449 e. The van der Waals surface area contributed by atoms with Crippen molar-refractivity contribution < 1.29 is 19.1 Å². The SMILES string of the molecule is CNC(=O)NC(=O)C(C)OC(=O)c1c2c(nc3ccccc13)CCCC2. The van der Waals surface area contributed by atoms with E-state index in [9.17, 15) is 14.4 Å². The van der Waals surface area contributed by atoms with E-state index in [0.717, 1.165) is 47.8 Å². The van der Waals surface area contributed by atoms with Gasteiger partial charge in [-0.15, -0.1) is 0 Å². The van der Waals surface area contributed by atoms with Gasteiger partial charge in [0.05, 0.1) is 11.1 Å². The molecule has 0 saturated heterocycles. The summed E-state index contributed by atoms with van der Waals surface area (Å²) in [5.41, 5.74) is 3.04. The lowest BCUT2D eigenvalue weighted by Gasteiger charge is -2.21. The molecule has 0 bridgehead atoms. The molecular formula is C19H21N3O4. The molecule has 0 aliphatic heterocycles. The second kappa shape index (κ2) is 7.51. The van der Waals surface area contributed by atoms with Crippen LogP contribution in [0.1, 0.15) is 41.4 Å². The molecule has 2 N–H and O–H groups in total. The quantitative estimate of drug-likeness (QED) is 0.822. The number of fused-ring (bicyclic) bond motifs is 2. The van der Waals surface area contributed by atoms with E-state index in [0.29, 0.717) is 5.56 Å². The molecule has 0 saturated carbocycles. The van der Waals surface area contributed by atoms with Crippen molar-refractivity contribution in [2.24, 2.45) is 0 Å². The lowest BCUT2D eigenvalue weighted by molar-refractivity contribution is -0.127. The van der Waals surface area contributed by atoms with E-state index in [1.807, 2.05) is 24.3 Å². The zero-order valence-electron chi connectivity index (χ0n) is 14.8. The van der Waals surface area contributed by atoms with E-state index in [-0.39, 0.29) is 0 Å². The smallest absolute Gasteiger partial charge is 0.339 e. The van der Waals surface area contributed by atoms with E-state index >= 15 is 0 Å². The van der Waals surface area contributed by atoms with Crippen molar-refractivity contribution in [3.63, 3.8) is 0 Å². The maximum Gasteiger partial charge on any atom is 0.339 e. The Morgan fingerprint density at radius 1 is 1.15 bits per heavy atom. The topological polar surface area (TPSA) is 97.4 Å². The third-order valence-corrected chi connectivity index (χ3v) is 4.49. The van der Waals surface area contributed by atoms with E-state index in [2.05, 4.69) is 15.6 Å². The van der Waals surface area contributed by atoms with Crippen molar-refractivity contribution in [1.29, 1.82) is 0 Å². The molecular weight excluding hydrogens is 334 g/mol. The number of rotatable bonds is 3. The van der Waals surface area contributed by atoms with E-state index < -0.39 is 24.0 Å². The lowest BCUT2D eigenvalue weighted by atomic mass is 9.90. The number of hydrogen-bond donors (Lipinski definition) is 2. The monoisotopic (exact) mass is 355 g/mol. The minimum absolute atomic E-state index is 0.477. The highest BCUT2D eigenvalue weighted by atomic mass is 16.5.